The summed E-state index contributed by atoms with van der Waals surface area (Å²) < 4.78 is 1.75. The SMILES string of the molecule is Cc1nc(-c2ccc(C(=O)Nc3nc4cc(N(C)C(=O)c5ccccc5)ccc4n3CCC(N)=O)s2)cs1. The Morgan fingerprint density at radius 3 is 2.55 bits per heavy atom. The summed E-state index contributed by atoms with van der Waals surface area (Å²) in [5.41, 5.74) is 8.72. The Bertz CT molecular complexity index is 1650. The standard InChI is InChI=1S/C27H24N6O3S2/c1-16-29-20(15-37-16)22-10-11-23(38-22)25(35)31-27-30-19-14-18(8-9-21(19)33(27)13-12-24(28)34)32(2)26(36)17-6-4-3-5-7-17/h3-11,14-15H,12-13H2,1-2H3,(H2,28,34)(H,30,31,35). The quantitative estimate of drug-likeness (QED) is 0.287. The zero-order valence-corrected chi connectivity index (χ0v) is 22.3. The van der Waals surface area contributed by atoms with Gasteiger partial charge in [0.2, 0.25) is 11.9 Å². The number of benzene rings is 2. The number of aromatic nitrogens is 3. The number of carbonyl (C=O) groups excluding carboxylic acids is 3. The first-order valence-corrected chi connectivity index (χ1v) is 13.4. The number of imidazole rings is 1. The number of thiazole rings is 1. The molecule has 0 spiro atoms. The van der Waals surface area contributed by atoms with Crippen molar-refractivity contribution in [1.29, 1.82) is 0 Å². The van der Waals surface area contributed by atoms with E-state index in [-0.39, 0.29) is 24.8 Å². The number of primary amides is 1. The molecule has 5 rings (SSSR count). The lowest BCUT2D eigenvalue weighted by molar-refractivity contribution is -0.118. The third-order valence-corrected chi connectivity index (χ3v) is 7.83. The van der Waals surface area contributed by atoms with Crippen molar-refractivity contribution in [3.05, 3.63) is 81.5 Å². The average Bonchev–Trinajstić information content (AvgIpc) is 3.65. The van der Waals surface area contributed by atoms with Gasteiger partial charge in [-0.15, -0.1) is 22.7 Å². The predicted octanol–water partition coefficient (Wildman–Crippen LogP) is 4.93. The van der Waals surface area contributed by atoms with Crippen LogP contribution in [0.3, 0.4) is 0 Å². The topological polar surface area (TPSA) is 123 Å². The molecule has 3 heterocycles. The van der Waals surface area contributed by atoms with E-state index in [9.17, 15) is 14.4 Å². The number of nitrogens with zero attached hydrogens (tertiary/aromatic N) is 4. The molecule has 0 radical (unpaired) electrons. The lowest BCUT2D eigenvalue weighted by atomic mass is 10.2. The molecule has 38 heavy (non-hydrogen) atoms. The van der Waals surface area contributed by atoms with Crippen LogP contribution in [0.25, 0.3) is 21.6 Å². The highest BCUT2D eigenvalue weighted by atomic mass is 32.1. The number of thiophene rings is 1. The molecule has 0 aliphatic heterocycles. The first-order chi connectivity index (χ1) is 18.3. The molecular formula is C27H24N6O3S2. The highest BCUT2D eigenvalue weighted by Crippen LogP contribution is 2.30. The van der Waals surface area contributed by atoms with Crippen LogP contribution in [0.2, 0.25) is 0 Å². The van der Waals surface area contributed by atoms with Gasteiger partial charge in [-0.2, -0.15) is 0 Å². The fraction of sp³-hybridized carbons (Fsp3) is 0.148. The van der Waals surface area contributed by atoms with Crippen LogP contribution in [0.1, 0.15) is 31.5 Å². The van der Waals surface area contributed by atoms with Crippen molar-refractivity contribution in [1.82, 2.24) is 14.5 Å². The largest absolute Gasteiger partial charge is 0.370 e. The number of hydrogen-bond donors (Lipinski definition) is 2. The normalized spacial score (nSPS) is 11.0. The minimum absolute atomic E-state index is 0.0782. The van der Waals surface area contributed by atoms with Crippen molar-refractivity contribution in [2.24, 2.45) is 5.73 Å². The number of nitrogens with one attached hydrogen (secondary N) is 1. The van der Waals surface area contributed by atoms with Gasteiger partial charge in [0, 0.05) is 36.6 Å². The minimum atomic E-state index is -0.463. The minimum Gasteiger partial charge on any atom is -0.370 e. The van der Waals surface area contributed by atoms with Crippen LogP contribution in [0.5, 0.6) is 0 Å². The average molecular weight is 545 g/mol. The van der Waals surface area contributed by atoms with Gasteiger partial charge in [0.05, 0.1) is 31.5 Å². The molecule has 0 aliphatic rings. The predicted molar refractivity (Wildman–Crippen MR) is 151 cm³/mol. The Hall–Kier alpha value is -4.35. The van der Waals surface area contributed by atoms with Crippen molar-refractivity contribution in [3.8, 4) is 10.6 Å². The molecule has 3 amide bonds. The van der Waals surface area contributed by atoms with Crippen molar-refractivity contribution in [3.63, 3.8) is 0 Å². The van der Waals surface area contributed by atoms with Crippen molar-refractivity contribution in [2.75, 3.05) is 17.3 Å². The van der Waals surface area contributed by atoms with Gasteiger partial charge in [-0.25, -0.2) is 9.97 Å². The molecule has 3 N–H and O–H groups in total. The van der Waals surface area contributed by atoms with Crippen LogP contribution in [-0.4, -0.2) is 39.3 Å². The first kappa shape index (κ1) is 25.3. The fourth-order valence-corrected chi connectivity index (χ4v) is 5.55. The summed E-state index contributed by atoms with van der Waals surface area (Å²) in [6.45, 7) is 2.18. The molecule has 9 nitrogen and oxygen atoms in total. The Morgan fingerprint density at radius 1 is 1.05 bits per heavy atom. The lowest BCUT2D eigenvalue weighted by Gasteiger charge is -2.17. The molecule has 0 bridgehead atoms. The summed E-state index contributed by atoms with van der Waals surface area (Å²) in [6.07, 6.45) is 0.0782. The van der Waals surface area contributed by atoms with Crippen LogP contribution >= 0.6 is 22.7 Å². The molecule has 5 aromatic rings. The number of amides is 3. The van der Waals surface area contributed by atoms with Crippen molar-refractivity contribution in [2.45, 2.75) is 19.9 Å². The maximum Gasteiger partial charge on any atom is 0.268 e. The molecular weight excluding hydrogens is 520 g/mol. The van der Waals surface area contributed by atoms with E-state index >= 15 is 0 Å². The zero-order chi connectivity index (χ0) is 26.8. The molecule has 0 fully saturated rings. The highest BCUT2D eigenvalue weighted by molar-refractivity contribution is 7.18. The second-order valence-electron chi connectivity index (χ2n) is 8.58. The summed E-state index contributed by atoms with van der Waals surface area (Å²) in [6, 6.07) is 18.0. The first-order valence-electron chi connectivity index (χ1n) is 11.8. The van der Waals surface area contributed by atoms with Gasteiger partial charge in [-0.1, -0.05) is 18.2 Å². The van der Waals surface area contributed by atoms with Crippen LogP contribution < -0.4 is 16.0 Å². The van der Waals surface area contributed by atoms with Gasteiger partial charge in [-0.05, 0) is 49.4 Å². The van der Waals surface area contributed by atoms with Gasteiger partial charge >= 0.3 is 0 Å². The highest BCUT2D eigenvalue weighted by Gasteiger charge is 2.19. The molecule has 3 aromatic heterocycles. The Balaban J connectivity index is 1.44. The van der Waals surface area contributed by atoms with E-state index in [1.165, 1.54) is 11.3 Å². The molecule has 0 atom stereocenters. The number of rotatable bonds is 8. The molecule has 11 heteroatoms. The maximum atomic E-state index is 13.1. The van der Waals surface area contributed by atoms with E-state index in [0.29, 0.717) is 33.1 Å². The number of aryl methyl sites for hydroxylation is 2. The summed E-state index contributed by atoms with van der Waals surface area (Å²) in [5, 5.41) is 5.80. The summed E-state index contributed by atoms with van der Waals surface area (Å²) >= 11 is 2.90. The number of fused-ring (bicyclic) bond motifs is 1. The number of carbonyl (C=O) groups is 3. The number of nitrogens with two attached hydrogens (primary N) is 1. The number of anilines is 2. The Kier molecular flexibility index (Phi) is 7.03. The number of hydrogen-bond acceptors (Lipinski definition) is 7. The second kappa shape index (κ2) is 10.6. The Morgan fingerprint density at radius 2 is 1.84 bits per heavy atom. The van der Waals surface area contributed by atoms with Crippen LogP contribution in [0.4, 0.5) is 11.6 Å². The van der Waals surface area contributed by atoms with Crippen LogP contribution in [-0.2, 0) is 11.3 Å². The lowest BCUT2D eigenvalue weighted by Crippen LogP contribution is -2.26. The van der Waals surface area contributed by atoms with Crippen LogP contribution in [0.15, 0.2) is 66.0 Å². The third-order valence-electron chi connectivity index (χ3n) is 5.95. The van der Waals surface area contributed by atoms with E-state index in [4.69, 9.17) is 5.73 Å². The monoisotopic (exact) mass is 544 g/mol. The summed E-state index contributed by atoms with van der Waals surface area (Å²) in [5.74, 6) is -0.647. The maximum absolute atomic E-state index is 13.1. The summed E-state index contributed by atoms with van der Waals surface area (Å²) in [4.78, 5) is 49.7. The van der Waals surface area contributed by atoms with Gasteiger partial charge < -0.3 is 15.2 Å². The molecule has 0 saturated heterocycles. The van der Waals surface area contributed by atoms with Crippen LogP contribution in [0, 0.1) is 6.92 Å². The van der Waals surface area contributed by atoms with E-state index in [2.05, 4.69) is 15.3 Å². The van der Waals surface area contributed by atoms with Gasteiger partial charge in [-0.3, -0.25) is 19.7 Å². The molecule has 192 valence electrons. The van der Waals surface area contributed by atoms with E-state index in [0.717, 1.165) is 15.6 Å². The molecule has 0 unspecified atom stereocenters. The van der Waals surface area contributed by atoms with Gasteiger partial charge in [0.15, 0.2) is 0 Å². The van der Waals surface area contributed by atoms with Gasteiger partial charge in [0.25, 0.3) is 11.8 Å². The van der Waals surface area contributed by atoms with E-state index in [1.807, 2.05) is 42.6 Å². The fourth-order valence-electron chi connectivity index (χ4n) is 4.00. The Labute approximate surface area is 226 Å². The zero-order valence-electron chi connectivity index (χ0n) is 20.7. The van der Waals surface area contributed by atoms with Gasteiger partial charge in [0.1, 0.15) is 0 Å². The van der Waals surface area contributed by atoms with Crippen molar-refractivity contribution < 1.29 is 14.4 Å². The van der Waals surface area contributed by atoms with E-state index in [1.54, 1.807) is 58.2 Å². The molecule has 0 aliphatic carbocycles. The smallest absolute Gasteiger partial charge is 0.268 e. The molecule has 2 aromatic carbocycles. The molecule has 0 saturated carbocycles. The van der Waals surface area contributed by atoms with Crippen molar-refractivity contribution >= 4 is 63.1 Å². The second-order valence-corrected chi connectivity index (χ2v) is 10.7. The van der Waals surface area contributed by atoms with E-state index < -0.39 is 5.91 Å². The third kappa shape index (κ3) is 5.20. The summed E-state index contributed by atoms with van der Waals surface area (Å²) in [7, 11) is 1.70.